The van der Waals surface area contributed by atoms with Gasteiger partial charge >= 0.3 is 0 Å². The third kappa shape index (κ3) is 2.69. The van der Waals surface area contributed by atoms with E-state index in [0.29, 0.717) is 5.82 Å². The monoisotopic (exact) mass is 300 g/mol. The maximum absolute atomic E-state index is 5.86. The van der Waals surface area contributed by atoms with E-state index in [0.717, 1.165) is 23.4 Å². The van der Waals surface area contributed by atoms with Gasteiger partial charge in [-0.25, -0.2) is 9.97 Å². The molecule has 1 fully saturated rings. The van der Waals surface area contributed by atoms with Crippen molar-refractivity contribution in [3.8, 4) is 0 Å². The van der Waals surface area contributed by atoms with Crippen LogP contribution in [0.2, 0.25) is 0 Å². The van der Waals surface area contributed by atoms with Crippen molar-refractivity contribution in [2.45, 2.75) is 32.5 Å². The van der Waals surface area contributed by atoms with Crippen molar-refractivity contribution in [1.82, 2.24) is 9.97 Å². The molecule has 0 saturated carbocycles. The van der Waals surface area contributed by atoms with Gasteiger partial charge in [0.1, 0.15) is 22.4 Å². The standard InChI is InChI=1S/C11H17BrN4O/c1-7-4-16(5-11(2,3)17-7)10-8(12)9(13)14-6-15-10/h6-7H,4-5H2,1-3H3,(H2,13,14,15). The van der Waals surface area contributed by atoms with Crippen LogP contribution < -0.4 is 10.6 Å². The van der Waals surface area contributed by atoms with Crippen LogP contribution in [-0.4, -0.2) is 34.8 Å². The van der Waals surface area contributed by atoms with Crippen LogP contribution in [0.4, 0.5) is 11.6 Å². The number of aromatic nitrogens is 2. The molecule has 2 heterocycles. The topological polar surface area (TPSA) is 64.3 Å². The summed E-state index contributed by atoms with van der Waals surface area (Å²) >= 11 is 3.44. The fourth-order valence-corrected chi connectivity index (χ4v) is 2.66. The molecule has 0 bridgehead atoms. The van der Waals surface area contributed by atoms with Crippen LogP contribution in [0.5, 0.6) is 0 Å². The highest BCUT2D eigenvalue weighted by atomic mass is 79.9. The largest absolute Gasteiger partial charge is 0.383 e. The number of nitrogen functional groups attached to an aromatic ring is 1. The van der Waals surface area contributed by atoms with Crippen molar-refractivity contribution in [1.29, 1.82) is 0 Å². The number of hydrogen-bond acceptors (Lipinski definition) is 5. The Morgan fingerprint density at radius 3 is 2.88 bits per heavy atom. The highest BCUT2D eigenvalue weighted by Crippen LogP contribution is 2.31. The average Bonchev–Trinajstić information content (AvgIpc) is 2.19. The number of rotatable bonds is 1. The van der Waals surface area contributed by atoms with Gasteiger partial charge in [0.25, 0.3) is 0 Å². The molecule has 1 saturated heterocycles. The van der Waals surface area contributed by atoms with E-state index in [-0.39, 0.29) is 11.7 Å². The van der Waals surface area contributed by atoms with Crippen molar-refractivity contribution in [3.63, 3.8) is 0 Å². The zero-order valence-corrected chi connectivity index (χ0v) is 11.9. The first kappa shape index (κ1) is 12.6. The second-order valence-electron chi connectivity index (χ2n) is 4.97. The summed E-state index contributed by atoms with van der Waals surface area (Å²) in [6, 6.07) is 0. The number of halogens is 1. The first-order valence-corrected chi connectivity index (χ1v) is 6.37. The van der Waals surface area contributed by atoms with Gasteiger partial charge in [0.15, 0.2) is 0 Å². The van der Waals surface area contributed by atoms with Gasteiger partial charge in [0.2, 0.25) is 0 Å². The second-order valence-corrected chi connectivity index (χ2v) is 5.76. The van der Waals surface area contributed by atoms with Gasteiger partial charge in [0.05, 0.1) is 11.7 Å². The molecule has 0 spiro atoms. The molecule has 6 heteroatoms. The van der Waals surface area contributed by atoms with Crippen molar-refractivity contribution >= 4 is 27.6 Å². The summed E-state index contributed by atoms with van der Waals surface area (Å²) in [6.45, 7) is 7.81. The maximum atomic E-state index is 5.86. The van der Waals surface area contributed by atoms with E-state index in [1.807, 2.05) is 0 Å². The lowest BCUT2D eigenvalue weighted by Gasteiger charge is -2.42. The molecule has 0 amide bonds. The first-order chi connectivity index (χ1) is 7.89. The van der Waals surface area contributed by atoms with Gasteiger partial charge < -0.3 is 15.4 Å². The smallest absolute Gasteiger partial charge is 0.148 e. The Morgan fingerprint density at radius 2 is 2.24 bits per heavy atom. The summed E-state index contributed by atoms with van der Waals surface area (Å²) in [4.78, 5) is 10.4. The summed E-state index contributed by atoms with van der Waals surface area (Å²) in [5, 5.41) is 0. The van der Waals surface area contributed by atoms with Crippen LogP contribution in [0.15, 0.2) is 10.8 Å². The van der Waals surface area contributed by atoms with E-state index >= 15 is 0 Å². The fraction of sp³-hybridized carbons (Fsp3) is 0.636. The SMILES string of the molecule is CC1CN(c2ncnc(N)c2Br)CC(C)(C)O1. The second kappa shape index (κ2) is 4.42. The molecule has 0 radical (unpaired) electrons. The molecule has 1 atom stereocenters. The van der Waals surface area contributed by atoms with E-state index in [9.17, 15) is 0 Å². The average molecular weight is 301 g/mol. The van der Waals surface area contributed by atoms with Crippen molar-refractivity contribution < 1.29 is 4.74 Å². The number of morpholine rings is 1. The van der Waals surface area contributed by atoms with Gasteiger partial charge in [-0.2, -0.15) is 0 Å². The third-order valence-electron chi connectivity index (χ3n) is 2.67. The molecule has 94 valence electrons. The lowest BCUT2D eigenvalue weighted by atomic mass is 10.1. The molecule has 2 N–H and O–H groups in total. The lowest BCUT2D eigenvalue weighted by Crippen LogP contribution is -2.52. The molecular weight excluding hydrogens is 284 g/mol. The number of anilines is 2. The fourth-order valence-electron chi connectivity index (χ4n) is 2.21. The van der Waals surface area contributed by atoms with Crippen molar-refractivity contribution in [3.05, 3.63) is 10.8 Å². The van der Waals surface area contributed by atoms with Gasteiger partial charge in [-0.1, -0.05) is 0 Å². The zero-order chi connectivity index (χ0) is 12.6. The highest BCUT2D eigenvalue weighted by molar-refractivity contribution is 9.10. The van der Waals surface area contributed by atoms with Gasteiger partial charge in [-0.3, -0.25) is 0 Å². The lowest BCUT2D eigenvalue weighted by molar-refractivity contribution is -0.0752. The van der Waals surface area contributed by atoms with E-state index in [2.05, 4.69) is 51.6 Å². The minimum atomic E-state index is -0.184. The van der Waals surface area contributed by atoms with Crippen molar-refractivity contribution in [2.75, 3.05) is 23.7 Å². The van der Waals surface area contributed by atoms with Crippen LogP contribution in [0.25, 0.3) is 0 Å². The number of ether oxygens (including phenoxy) is 1. The predicted octanol–water partition coefficient (Wildman–Crippen LogP) is 1.82. The molecule has 1 aliphatic heterocycles. The molecule has 17 heavy (non-hydrogen) atoms. The Hall–Kier alpha value is -0.880. The minimum Gasteiger partial charge on any atom is -0.383 e. The Labute approximate surface area is 110 Å². The van der Waals surface area contributed by atoms with E-state index in [4.69, 9.17) is 10.5 Å². The Balaban J connectivity index is 2.30. The van der Waals surface area contributed by atoms with Gasteiger partial charge in [-0.15, -0.1) is 0 Å². The predicted molar refractivity (Wildman–Crippen MR) is 71.0 cm³/mol. The normalized spacial score (nSPS) is 23.8. The first-order valence-electron chi connectivity index (χ1n) is 5.58. The van der Waals surface area contributed by atoms with Gasteiger partial charge in [-0.05, 0) is 36.7 Å². The molecule has 1 aliphatic rings. The van der Waals surface area contributed by atoms with Crippen LogP contribution in [0.1, 0.15) is 20.8 Å². The Bertz CT molecular complexity index is 424. The summed E-state index contributed by atoms with van der Waals surface area (Å²) in [5.41, 5.74) is 5.59. The van der Waals surface area contributed by atoms with Crippen molar-refractivity contribution in [2.24, 2.45) is 0 Å². The summed E-state index contributed by atoms with van der Waals surface area (Å²) in [6.07, 6.45) is 1.66. The van der Waals surface area contributed by atoms with Crippen LogP contribution in [-0.2, 0) is 4.74 Å². The third-order valence-corrected chi connectivity index (χ3v) is 3.43. The van der Waals surface area contributed by atoms with E-state index in [1.165, 1.54) is 6.33 Å². The Morgan fingerprint density at radius 1 is 1.53 bits per heavy atom. The highest BCUT2D eigenvalue weighted by Gasteiger charge is 2.32. The molecule has 0 aromatic carbocycles. The molecule has 2 rings (SSSR count). The quantitative estimate of drug-likeness (QED) is 0.857. The zero-order valence-electron chi connectivity index (χ0n) is 10.3. The molecule has 5 nitrogen and oxygen atoms in total. The Kier molecular flexibility index (Phi) is 3.27. The van der Waals surface area contributed by atoms with Crippen LogP contribution in [0.3, 0.4) is 0 Å². The summed E-state index contributed by atoms with van der Waals surface area (Å²) in [5.74, 6) is 1.30. The summed E-state index contributed by atoms with van der Waals surface area (Å²) in [7, 11) is 0. The molecule has 1 aromatic rings. The number of hydrogen-bond donors (Lipinski definition) is 1. The molecule has 0 aliphatic carbocycles. The number of nitrogens with two attached hydrogens (primary N) is 1. The summed E-state index contributed by atoms with van der Waals surface area (Å²) < 4.78 is 6.62. The molecule has 1 aromatic heterocycles. The molecular formula is C11H17BrN4O. The van der Waals surface area contributed by atoms with Gasteiger partial charge in [0, 0.05) is 13.1 Å². The molecule has 1 unspecified atom stereocenters. The van der Waals surface area contributed by atoms with E-state index < -0.39 is 0 Å². The maximum Gasteiger partial charge on any atom is 0.148 e. The van der Waals surface area contributed by atoms with Crippen LogP contribution >= 0.6 is 15.9 Å². The minimum absolute atomic E-state index is 0.168. The number of nitrogens with zero attached hydrogens (tertiary/aromatic N) is 3. The van der Waals surface area contributed by atoms with Crippen LogP contribution in [0, 0.1) is 0 Å². The van der Waals surface area contributed by atoms with E-state index in [1.54, 1.807) is 0 Å².